The zero-order chi connectivity index (χ0) is 11.4. The van der Waals surface area contributed by atoms with E-state index in [1.807, 2.05) is 31.3 Å². The van der Waals surface area contributed by atoms with Crippen molar-refractivity contribution in [2.45, 2.75) is 13.3 Å². The van der Waals surface area contributed by atoms with Gasteiger partial charge in [-0.3, -0.25) is 0 Å². The topological polar surface area (TPSA) is 58.4 Å². The molecule has 0 saturated carbocycles. The zero-order valence-electron chi connectivity index (χ0n) is 9.10. The van der Waals surface area contributed by atoms with E-state index < -0.39 is 0 Å². The lowest BCUT2D eigenvalue weighted by Crippen LogP contribution is -2.29. The van der Waals surface area contributed by atoms with E-state index in [1.54, 1.807) is 10.7 Å². The van der Waals surface area contributed by atoms with Gasteiger partial charge in [-0.05, 0) is 24.6 Å². The van der Waals surface area contributed by atoms with Crippen LogP contribution in [-0.2, 0) is 0 Å². The third kappa shape index (κ3) is 2.31. The van der Waals surface area contributed by atoms with E-state index in [2.05, 4.69) is 15.7 Å². The maximum absolute atomic E-state index is 11.4. The average molecular weight is 218 g/mol. The summed E-state index contributed by atoms with van der Waals surface area (Å²) < 4.78 is 1.75. The van der Waals surface area contributed by atoms with Gasteiger partial charge in [0.05, 0.1) is 5.52 Å². The van der Waals surface area contributed by atoms with E-state index in [9.17, 15) is 4.79 Å². The lowest BCUT2D eigenvalue weighted by molar-refractivity contribution is 0.252. The number of carbonyl (C=O) groups excluding carboxylic acids is 1. The van der Waals surface area contributed by atoms with Gasteiger partial charge < -0.3 is 10.6 Å². The number of fused-ring (bicyclic) bond motifs is 1. The maximum Gasteiger partial charge on any atom is 0.319 e. The van der Waals surface area contributed by atoms with Crippen LogP contribution in [0.4, 0.5) is 10.5 Å². The number of nitrogens with zero attached hydrogens (tertiary/aromatic N) is 2. The van der Waals surface area contributed by atoms with E-state index in [0.717, 1.165) is 17.6 Å². The first-order chi connectivity index (χ1) is 7.79. The molecule has 0 aromatic carbocycles. The summed E-state index contributed by atoms with van der Waals surface area (Å²) in [4.78, 5) is 11.4. The molecule has 0 atom stereocenters. The molecule has 5 nitrogen and oxygen atoms in total. The highest BCUT2D eigenvalue weighted by molar-refractivity contribution is 5.89. The van der Waals surface area contributed by atoms with Crippen LogP contribution in [0, 0.1) is 0 Å². The molecule has 0 aliphatic carbocycles. The third-order valence-corrected chi connectivity index (χ3v) is 2.19. The summed E-state index contributed by atoms with van der Waals surface area (Å²) in [5, 5.41) is 9.59. The van der Waals surface area contributed by atoms with Gasteiger partial charge in [0.15, 0.2) is 0 Å². The Morgan fingerprint density at radius 2 is 2.38 bits per heavy atom. The molecule has 0 aliphatic heterocycles. The van der Waals surface area contributed by atoms with E-state index in [-0.39, 0.29) is 6.03 Å². The molecule has 2 rings (SSSR count). The summed E-state index contributed by atoms with van der Waals surface area (Å²) in [5.41, 5.74) is 1.72. The monoisotopic (exact) mass is 218 g/mol. The largest absolute Gasteiger partial charge is 0.338 e. The number of nitrogens with one attached hydrogen (secondary N) is 2. The first-order valence-electron chi connectivity index (χ1n) is 5.28. The summed E-state index contributed by atoms with van der Waals surface area (Å²) >= 11 is 0. The van der Waals surface area contributed by atoms with Crippen LogP contribution in [-0.4, -0.2) is 22.2 Å². The van der Waals surface area contributed by atoms with Crippen molar-refractivity contribution in [2.24, 2.45) is 0 Å². The zero-order valence-corrected chi connectivity index (χ0v) is 9.10. The molecule has 0 bridgehead atoms. The van der Waals surface area contributed by atoms with Crippen LogP contribution in [0.15, 0.2) is 30.6 Å². The average Bonchev–Trinajstić information content (AvgIpc) is 2.73. The fourth-order valence-electron chi connectivity index (χ4n) is 1.41. The normalized spacial score (nSPS) is 10.3. The molecular formula is C11H14N4O. The second kappa shape index (κ2) is 4.65. The molecule has 5 heteroatoms. The van der Waals surface area contributed by atoms with Gasteiger partial charge in [-0.15, -0.1) is 0 Å². The quantitative estimate of drug-likeness (QED) is 0.826. The minimum atomic E-state index is -0.175. The number of pyridine rings is 1. The standard InChI is InChI=1S/C11H14N4O/c1-2-5-12-11(16)14-9-4-7-15-10(8-9)3-6-13-15/h3-4,6-8H,2,5H2,1H3,(H2,12,14,16). The van der Waals surface area contributed by atoms with Crippen LogP contribution < -0.4 is 10.6 Å². The first kappa shape index (κ1) is 10.5. The van der Waals surface area contributed by atoms with Gasteiger partial charge in [0.25, 0.3) is 0 Å². The molecule has 2 amide bonds. The Labute approximate surface area is 93.5 Å². The van der Waals surface area contributed by atoms with Crippen LogP contribution in [0.5, 0.6) is 0 Å². The van der Waals surface area contributed by atoms with Crippen molar-refractivity contribution in [1.82, 2.24) is 14.9 Å². The van der Waals surface area contributed by atoms with Crippen LogP contribution >= 0.6 is 0 Å². The minimum absolute atomic E-state index is 0.175. The van der Waals surface area contributed by atoms with Gasteiger partial charge in [-0.25, -0.2) is 9.31 Å². The fraction of sp³-hybridized carbons (Fsp3) is 0.273. The minimum Gasteiger partial charge on any atom is -0.338 e. The van der Waals surface area contributed by atoms with Crippen molar-refractivity contribution in [3.05, 3.63) is 30.6 Å². The van der Waals surface area contributed by atoms with E-state index in [1.165, 1.54) is 0 Å². The van der Waals surface area contributed by atoms with Gasteiger partial charge in [-0.1, -0.05) is 6.92 Å². The van der Waals surface area contributed by atoms with Crippen LogP contribution in [0.3, 0.4) is 0 Å². The predicted molar refractivity (Wildman–Crippen MR) is 62.5 cm³/mol. The van der Waals surface area contributed by atoms with Gasteiger partial charge in [-0.2, -0.15) is 5.10 Å². The Morgan fingerprint density at radius 1 is 1.50 bits per heavy atom. The molecule has 0 saturated heterocycles. The Hall–Kier alpha value is -2.04. The fourth-order valence-corrected chi connectivity index (χ4v) is 1.41. The SMILES string of the molecule is CCCNC(=O)Nc1ccn2nccc2c1. The van der Waals surface area contributed by atoms with Gasteiger partial charge in [0.1, 0.15) is 0 Å². The number of hydrogen-bond acceptors (Lipinski definition) is 2. The molecule has 84 valence electrons. The van der Waals surface area contributed by atoms with E-state index >= 15 is 0 Å². The Kier molecular flexibility index (Phi) is 3.05. The lowest BCUT2D eigenvalue weighted by Gasteiger charge is -2.06. The molecule has 0 aliphatic rings. The van der Waals surface area contributed by atoms with Gasteiger partial charge >= 0.3 is 6.03 Å². The van der Waals surface area contributed by atoms with Crippen molar-refractivity contribution < 1.29 is 4.79 Å². The summed E-state index contributed by atoms with van der Waals surface area (Å²) in [6.07, 6.45) is 4.45. The third-order valence-electron chi connectivity index (χ3n) is 2.19. The molecule has 0 spiro atoms. The summed E-state index contributed by atoms with van der Waals surface area (Å²) in [6.45, 7) is 2.69. The Balaban J connectivity index is 2.06. The number of hydrogen-bond donors (Lipinski definition) is 2. The molecule has 0 fully saturated rings. The van der Waals surface area contributed by atoms with Crippen LogP contribution in [0.25, 0.3) is 5.52 Å². The number of urea groups is 1. The second-order valence-electron chi connectivity index (χ2n) is 3.50. The Morgan fingerprint density at radius 3 is 3.19 bits per heavy atom. The van der Waals surface area contributed by atoms with Crippen LogP contribution in [0.1, 0.15) is 13.3 Å². The van der Waals surface area contributed by atoms with Crippen molar-refractivity contribution >= 4 is 17.2 Å². The molecule has 2 aromatic rings. The second-order valence-corrected chi connectivity index (χ2v) is 3.50. The molecule has 2 heterocycles. The molecule has 2 aromatic heterocycles. The summed E-state index contributed by atoms with van der Waals surface area (Å²) in [7, 11) is 0. The predicted octanol–water partition coefficient (Wildman–Crippen LogP) is 1.87. The van der Waals surface area contributed by atoms with Gasteiger partial charge in [0.2, 0.25) is 0 Å². The summed E-state index contributed by atoms with van der Waals surface area (Å²) in [6, 6.07) is 5.39. The first-order valence-corrected chi connectivity index (χ1v) is 5.28. The van der Waals surface area contributed by atoms with Crippen molar-refractivity contribution in [1.29, 1.82) is 0 Å². The number of rotatable bonds is 3. The summed E-state index contributed by atoms with van der Waals surface area (Å²) in [5.74, 6) is 0. The number of anilines is 1. The highest BCUT2D eigenvalue weighted by Gasteiger charge is 2.01. The van der Waals surface area contributed by atoms with Crippen molar-refractivity contribution in [3.63, 3.8) is 0 Å². The van der Waals surface area contributed by atoms with Crippen molar-refractivity contribution in [3.8, 4) is 0 Å². The molecular weight excluding hydrogens is 204 g/mol. The molecule has 0 radical (unpaired) electrons. The Bertz CT molecular complexity index is 491. The number of aromatic nitrogens is 2. The van der Waals surface area contributed by atoms with Crippen molar-refractivity contribution in [2.75, 3.05) is 11.9 Å². The smallest absolute Gasteiger partial charge is 0.319 e. The van der Waals surface area contributed by atoms with Crippen LogP contribution in [0.2, 0.25) is 0 Å². The number of carbonyl (C=O) groups is 1. The van der Waals surface area contributed by atoms with Gasteiger partial charge in [0, 0.05) is 24.6 Å². The lowest BCUT2D eigenvalue weighted by atomic mass is 10.3. The molecule has 16 heavy (non-hydrogen) atoms. The molecule has 0 unspecified atom stereocenters. The van der Waals surface area contributed by atoms with E-state index in [0.29, 0.717) is 6.54 Å². The maximum atomic E-state index is 11.4. The number of amides is 2. The van der Waals surface area contributed by atoms with E-state index in [4.69, 9.17) is 0 Å². The highest BCUT2D eigenvalue weighted by Crippen LogP contribution is 2.10. The molecule has 2 N–H and O–H groups in total. The highest BCUT2D eigenvalue weighted by atomic mass is 16.2.